The first-order valence-corrected chi connectivity index (χ1v) is 11.5. The Bertz CT molecular complexity index is 1120. The monoisotopic (exact) mass is 498 g/mol. The maximum absolute atomic E-state index is 13.4. The van der Waals surface area contributed by atoms with Crippen LogP contribution >= 0.6 is 15.9 Å². The Balaban J connectivity index is 1.31. The molecule has 32 heavy (non-hydrogen) atoms. The van der Waals surface area contributed by atoms with Crippen LogP contribution in [0.15, 0.2) is 35.1 Å². The fraction of sp³-hybridized carbons (Fsp3) is 0.429. The quantitative estimate of drug-likeness (QED) is 0.539. The fourth-order valence-corrected chi connectivity index (χ4v) is 4.63. The first-order valence-electron chi connectivity index (χ1n) is 10.7. The van der Waals surface area contributed by atoms with Crippen molar-refractivity contribution in [3.63, 3.8) is 0 Å². The summed E-state index contributed by atoms with van der Waals surface area (Å²) in [5.41, 5.74) is 3.72. The molecule has 0 saturated carbocycles. The van der Waals surface area contributed by atoms with Gasteiger partial charge in [-0.2, -0.15) is 5.10 Å². The van der Waals surface area contributed by atoms with E-state index in [0.29, 0.717) is 31.9 Å². The summed E-state index contributed by atoms with van der Waals surface area (Å²) in [7, 11) is 0. The molecule has 0 unspecified atom stereocenters. The summed E-state index contributed by atoms with van der Waals surface area (Å²) in [4.78, 5) is 29.4. The summed E-state index contributed by atoms with van der Waals surface area (Å²) in [6.45, 7) is 2.05. The third-order valence-electron chi connectivity index (χ3n) is 6.06. The summed E-state index contributed by atoms with van der Waals surface area (Å²) in [6.07, 6.45) is 5.38. The number of tetrazole rings is 1. The maximum Gasteiger partial charge on any atom is 0.274 e. The number of amides is 2. The number of nitrogens with zero attached hydrogens (tertiary/aromatic N) is 8. The lowest BCUT2D eigenvalue weighted by atomic mass is 9.95. The zero-order chi connectivity index (χ0) is 22.1. The van der Waals surface area contributed by atoms with E-state index in [1.807, 2.05) is 33.8 Å². The zero-order valence-electron chi connectivity index (χ0n) is 17.5. The smallest absolute Gasteiger partial charge is 0.274 e. The number of carbonyl (C=O) groups excluding carboxylic acids is 2. The van der Waals surface area contributed by atoms with E-state index < -0.39 is 0 Å². The number of aromatic nitrogens is 6. The Morgan fingerprint density at radius 3 is 2.41 bits per heavy atom. The average molecular weight is 499 g/mol. The first-order chi connectivity index (χ1) is 15.6. The molecule has 2 aromatic heterocycles. The van der Waals surface area contributed by atoms with Gasteiger partial charge in [-0.15, -0.1) is 5.10 Å². The number of rotatable bonds is 4. The average Bonchev–Trinajstić information content (AvgIpc) is 3.47. The molecule has 0 spiro atoms. The van der Waals surface area contributed by atoms with Crippen molar-refractivity contribution in [1.29, 1.82) is 0 Å². The molecule has 0 N–H and O–H groups in total. The molecule has 1 saturated heterocycles. The van der Waals surface area contributed by atoms with Gasteiger partial charge in [0.2, 0.25) is 5.91 Å². The number of carbonyl (C=O) groups is 2. The van der Waals surface area contributed by atoms with E-state index in [4.69, 9.17) is 5.10 Å². The lowest BCUT2D eigenvalue weighted by molar-refractivity contribution is -0.133. The number of benzene rings is 1. The zero-order valence-corrected chi connectivity index (χ0v) is 19.1. The Hall–Kier alpha value is -3.08. The summed E-state index contributed by atoms with van der Waals surface area (Å²) in [6, 6.07) is 7.99. The third kappa shape index (κ3) is 4.04. The van der Waals surface area contributed by atoms with Gasteiger partial charge >= 0.3 is 0 Å². The number of hydrogen-bond acceptors (Lipinski definition) is 6. The third-order valence-corrected chi connectivity index (χ3v) is 6.59. The molecule has 0 radical (unpaired) electrons. The standard InChI is InChI=1S/C21H23BrN8O2/c22-15-5-7-16(8-6-15)30-18-4-2-1-3-17(18)20(24-30)21(32)28-11-9-27(10-12-28)19(31)13-29-14-23-25-26-29/h5-8,14H,1-4,9-13H2. The van der Waals surface area contributed by atoms with E-state index in [1.165, 1.54) is 11.0 Å². The predicted molar refractivity (Wildman–Crippen MR) is 118 cm³/mol. The molecule has 11 heteroatoms. The van der Waals surface area contributed by atoms with E-state index >= 15 is 0 Å². The molecular weight excluding hydrogens is 476 g/mol. The highest BCUT2D eigenvalue weighted by atomic mass is 79.9. The van der Waals surface area contributed by atoms with Crippen LogP contribution in [0.3, 0.4) is 0 Å². The lowest BCUT2D eigenvalue weighted by Gasteiger charge is -2.34. The summed E-state index contributed by atoms with van der Waals surface area (Å²) >= 11 is 3.48. The highest BCUT2D eigenvalue weighted by Gasteiger charge is 2.31. The normalized spacial score (nSPS) is 16.2. The largest absolute Gasteiger partial charge is 0.338 e. The minimum absolute atomic E-state index is 0.0495. The van der Waals surface area contributed by atoms with Gasteiger partial charge in [-0.3, -0.25) is 9.59 Å². The molecule has 0 bridgehead atoms. The van der Waals surface area contributed by atoms with Crippen molar-refractivity contribution in [2.75, 3.05) is 26.2 Å². The number of fused-ring (bicyclic) bond motifs is 1. The molecule has 2 amide bonds. The van der Waals surface area contributed by atoms with Gasteiger partial charge in [0.15, 0.2) is 5.69 Å². The minimum Gasteiger partial charge on any atom is -0.338 e. The van der Waals surface area contributed by atoms with Gasteiger partial charge in [-0.25, -0.2) is 9.36 Å². The van der Waals surface area contributed by atoms with Gasteiger partial charge in [-0.1, -0.05) is 15.9 Å². The van der Waals surface area contributed by atoms with E-state index in [2.05, 4.69) is 31.5 Å². The van der Waals surface area contributed by atoms with Crippen molar-refractivity contribution in [1.82, 2.24) is 39.8 Å². The second-order valence-electron chi connectivity index (χ2n) is 8.05. The van der Waals surface area contributed by atoms with Gasteiger partial charge < -0.3 is 9.80 Å². The first kappa shape index (κ1) is 20.8. The number of piperazine rings is 1. The number of halogens is 1. The molecule has 3 aromatic rings. The van der Waals surface area contributed by atoms with E-state index in [0.717, 1.165) is 47.1 Å². The van der Waals surface area contributed by atoms with E-state index in [-0.39, 0.29) is 18.4 Å². The van der Waals surface area contributed by atoms with Crippen molar-refractivity contribution in [3.8, 4) is 5.69 Å². The van der Waals surface area contributed by atoms with Crippen LogP contribution in [0.5, 0.6) is 0 Å². The Morgan fingerprint density at radius 2 is 1.69 bits per heavy atom. The molecule has 3 heterocycles. The molecule has 166 valence electrons. The molecule has 1 aliphatic heterocycles. The Morgan fingerprint density at radius 1 is 0.969 bits per heavy atom. The van der Waals surface area contributed by atoms with E-state index in [9.17, 15) is 9.59 Å². The van der Waals surface area contributed by atoms with Crippen molar-refractivity contribution in [2.24, 2.45) is 0 Å². The summed E-state index contributed by atoms with van der Waals surface area (Å²) in [5, 5.41) is 15.6. The molecule has 1 fully saturated rings. The van der Waals surface area contributed by atoms with Crippen LogP contribution in [0.4, 0.5) is 0 Å². The molecule has 1 aromatic carbocycles. The maximum atomic E-state index is 13.4. The highest BCUT2D eigenvalue weighted by Crippen LogP contribution is 2.28. The Labute approximate surface area is 193 Å². The Kier molecular flexibility index (Phi) is 5.73. The van der Waals surface area contributed by atoms with Crippen LogP contribution in [-0.2, 0) is 24.2 Å². The van der Waals surface area contributed by atoms with Gasteiger partial charge in [0.1, 0.15) is 12.9 Å². The fourth-order valence-electron chi connectivity index (χ4n) is 4.37. The molecule has 1 aliphatic carbocycles. The molecule has 0 atom stereocenters. The van der Waals surface area contributed by atoms with Crippen LogP contribution in [0, 0.1) is 0 Å². The van der Waals surface area contributed by atoms with Crippen LogP contribution in [0.1, 0.15) is 34.6 Å². The molecule has 5 rings (SSSR count). The van der Waals surface area contributed by atoms with Crippen molar-refractivity contribution in [2.45, 2.75) is 32.2 Å². The topological polar surface area (TPSA) is 102 Å². The number of hydrogen-bond donors (Lipinski definition) is 0. The molecule has 10 nitrogen and oxygen atoms in total. The van der Waals surface area contributed by atoms with Gasteiger partial charge in [0.05, 0.1) is 5.69 Å². The SMILES string of the molecule is O=C(Cn1cnnn1)N1CCN(C(=O)c2nn(-c3ccc(Br)cc3)c3c2CCCC3)CC1. The summed E-state index contributed by atoms with van der Waals surface area (Å²) < 4.78 is 4.34. The van der Waals surface area contributed by atoms with Crippen LogP contribution in [0.25, 0.3) is 5.69 Å². The second kappa shape index (κ2) is 8.81. The van der Waals surface area contributed by atoms with Crippen LogP contribution < -0.4 is 0 Å². The molecular formula is C21H23BrN8O2. The van der Waals surface area contributed by atoms with Crippen molar-refractivity contribution >= 4 is 27.7 Å². The summed E-state index contributed by atoms with van der Waals surface area (Å²) in [5.74, 6) is -0.104. The second-order valence-corrected chi connectivity index (χ2v) is 8.97. The molecule has 2 aliphatic rings. The van der Waals surface area contributed by atoms with Gasteiger partial charge in [0, 0.05) is 41.9 Å². The van der Waals surface area contributed by atoms with E-state index in [1.54, 1.807) is 4.90 Å². The predicted octanol–water partition coefficient (Wildman–Crippen LogP) is 1.48. The van der Waals surface area contributed by atoms with Crippen molar-refractivity contribution < 1.29 is 9.59 Å². The van der Waals surface area contributed by atoms with Gasteiger partial charge in [-0.05, 0) is 60.4 Å². The minimum atomic E-state index is -0.0544. The van der Waals surface area contributed by atoms with Crippen LogP contribution in [-0.4, -0.2) is 77.8 Å². The van der Waals surface area contributed by atoms with Crippen LogP contribution in [0.2, 0.25) is 0 Å². The van der Waals surface area contributed by atoms with Gasteiger partial charge in [0.25, 0.3) is 5.91 Å². The highest BCUT2D eigenvalue weighted by molar-refractivity contribution is 9.10. The lowest BCUT2D eigenvalue weighted by Crippen LogP contribution is -2.51. The van der Waals surface area contributed by atoms with Crippen molar-refractivity contribution in [3.05, 3.63) is 52.0 Å².